The molecular formula is C12H18BrN3. The van der Waals surface area contributed by atoms with Crippen LogP contribution in [0.15, 0.2) is 10.7 Å². The summed E-state index contributed by atoms with van der Waals surface area (Å²) in [5.41, 5.74) is 0. The highest BCUT2D eigenvalue weighted by Gasteiger charge is 2.36. The van der Waals surface area contributed by atoms with Crippen molar-refractivity contribution in [3.8, 4) is 0 Å². The van der Waals surface area contributed by atoms with Gasteiger partial charge >= 0.3 is 0 Å². The molecule has 0 spiro atoms. The van der Waals surface area contributed by atoms with Crippen LogP contribution in [0.3, 0.4) is 0 Å². The molecule has 0 radical (unpaired) electrons. The van der Waals surface area contributed by atoms with Gasteiger partial charge in [0.15, 0.2) is 0 Å². The summed E-state index contributed by atoms with van der Waals surface area (Å²) >= 11 is 3.42. The van der Waals surface area contributed by atoms with Crippen LogP contribution in [-0.4, -0.2) is 16.0 Å². The zero-order chi connectivity index (χ0) is 11.5. The molecule has 4 heteroatoms. The van der Waals surface area contributed by atoms with Crippen LogP contribution in [0.25, 0.3) is 0 Å². The quantitative estimate of drug-likeness (QED) is 0.842. The van der Waals surface area contributed by atoms with Gasteiger partial charge in [0.05, 0.1) is 0 Å². The Balaban J connectivity index is 1.97. The number of anilines is 1. The van der Waals surface area contributed by atoms with Crippen molar-refractivity contribution >= 4 is 21.7 Å². The lowest BCUT2D eigenvalue weighted by molar-refractivity contribution is 0.691. The highest BCUT2D eigenvalue weighted by atomic mass is 79.9. The molecule has 1 fully saturated rings. The maximum absolute atomic E-state index is 4.47. The molecule has 1 saturated carbocycles. The van der Waals surface area contributed by atoms with E-state index in [0.29, 0.717) is 6.04 Å². The van der Waals surface area contributed by atoms with E-state index in [1.54, 1.807) is 0 Å². The van der Waals surface area contributed by atoms with Gasteiger partial charge in [0.25, 0.3) is 0 Å². The van der Waals surface area contributed by atoms with Gasteiger partial charge in [-0.2, -0.15) is 0 Å². The molecule has 0 saturated heterocycles. The zero-order valence-corrected chi connectivity index (χ0v) is 11.4. The molecule has 1 aromatic rings. The van der Waals surface area contributed by atoms with Gasteiger partial charge in [0.2, 0.25) is 0 Å². The minimum Gasteiger partial charge on any atom is -0.367 e. The lowest BCUT2D eigenvalue weighted by Gasteiger charge is -2.06. The minimum atomic E-state index is 0.631. The van der Waals surface area contributed by atoms with Crippen molar-refractivity contribution in [1.29, 1.82) is 0 Å². The van der Waals surface area contributed by atoms with Crippen molar-refractivity contribution in [1.82, 2.24) is 9.97 Å². The first-order valence-corrected chi connectivity index (χ1v) is 6.82. The van der Waals surface area contributed by atoms with E-state index in [1.807, 2.05) is 6.07 Å². The van der Waals surface area contributed by atoms with Crippen LogP contribution in [0.2, 0.25) is 0 Å². The first-order valence-electron chi connectivity index (χ1n) is 6.03. The first-order chi connectivity index (χ1) is 7.72. The molecule has 1 aromatic heterocycles. The summed E-state index contributed by atoms with van der Waals surface area (Å²) in [5, 5.41) is 3.49. The lowest BCUT2D eigenvalue weighted by atomic mass is 10.2. The molecule has 3 nitrogen and oxygen atoms in total. The average molecular weight is 284 g/mol. The standard InChI is InChI=1S/C12H18BrN3/c1-3-5-8-6-9(8)14-12-7-10(13)15-11(4-2)16-12/h7-9H,3-6H2,1-2H3,(H,14,15,16). The molecule has 0 bridgehead atoms. The zero-order valence-electron chi connectivity index (χ0n) is 9.83. The van der Waals surface area contributed by atoms with E-state index in [0.717, 1.165) is 28.6 Å². The Kier molecular flexibility index (Phi) is 3.79. The monoisotopic (exact) mass is 283 g/mol. The van der Waals surface area contributed by atoms with Crippen LogP contribution in [0.1, 0.15) is 38.9 Å². The van der Waals surface area contributed by atoms with Gasteiger partial charge < -0.3 is 5.32 Å². The normalized spacial score (nSPS) is 23.2. The summed E-state index contributed by atoms with van der Waals surface area (Å²) in [6.45, 7) is 4.31. The second-order valence-corrected chi connectivity index (χ2v) is 5.19. The number of halogens is 1. The van der Waals surface area contributed by atoms with E-state index >= 15 is 0 Å². The second kappa shape index (κ2) is 5.13. The number of hydrogen-bond acceptors (Lipinski definition) is 3. The summed E-state index contributed by atoms with van der Waals surface area (Å²) in [5.74, 6) is 2.70. The van der Waals surface area contributed by atoms with Crippen molar-refractivity contribution in [2.45, 2.75) is 45.6 Å². The van der Waals surface area contributed by atoms with E-state index in [4.69, 9.17) is 0 Å². The van der Waals surface area contributed by atoms with Crippen LogP contribution in [0, 0.1) is 5.92 Å². The van der Waals surface area contributed by atoms with Crippen molar-refractivity contribution in [3.63, 3.8) is 0 Å². The maximum Gasteiger partial charge on any atom is 0.131 e. The minimum absolute atomic E-state index is 0.631. The highest BCUT2D eigenvalue weighted by Crippen LogP contribution is 2.37. The Bertz CT molecular complexity index is 367. The van der Waals surface area contributed by atoms with Gasteiger partial charge in [-0.05, 0) is 34.7 Å². The second-order valence-electron chi connectivity index (χ2n) is 4.38. The molecular weight excluding hydrogens is 266 g/mol. The van der Waals surface area contributed by atoms with Crippen molar-refractivity contribution in [2.24, 2.45) is 5.92 Å². The smallest absolute Gasteiger partial charge is 0.131 e. The predicted octanol–water partition coefficient (Wildman–Crippen LogP) is 3.40. The fourth-order valence-electron chi connectivity index (χ4n) is 2.00. The van der Waals surface area contributed by atoms with Gasteiger partial charge in [-0.15, -0.1) is 0 Å². The number of aromatic nitrogens is 2. The molecule has 0 aromatic carbocycles. The number of hydrogen-bond donors (Lipinski definition) is 1. The van der Waals surface area contributed by atoms with Crippen LogP contribution in [-0.2, 0) is 6.42 Å². The Labute approximate surface area is 105 Å². The lowest BCUT2D eigenvalue weighted by Crippen LogP contribution is -2.08. The van der Waals surface area contributed by atoms with Gasteiger partial charge in [-0.25, -0.2) is 9.97 Å². The van der Waals surface area contributed by atoms with E-state index in [2.05, 4.69) is 45.1 Å². The fraction of sp³-hybridized carbons (Fsp3) is 0.667. The predicted molar refractivity (Wildman–Crippen MR) is 69.5 cm³/mol. The number of rotatable bonds is 5. The third kappa shape index (κ3) is 2.94. The Morgan fingerprint density at radius 2 is 2.25 bits per heavy atom. The summed E-state index contributed by atoms with van der Waals surface area (Å²) in [7, 11) is 0. The molecule has 2 atom stereocenters. The van der Waals surface area contributed by atoms with Gasteiger partial charge in [0, 0.05) is 18.5 Å². The third-order valence-electron chi connectivity index (χ3n) is 2.97. The molecule has 1 heterocycles. The van der Waals surface area contributed by atoms with Crippen LogP contribution >= 0.6 is 15.9 Å². The van der Waals surface area contributed by atoms with E-state index in [-0.39, 0.29) is 0 Å². The van der Waals surface area contributed by atoms with E-state index in [9.17, 15) is 0 Å². The van der Waals surface area contributed by atoms with Gasteiger partial charge in [0.1, 0.15) is 16.2 Å². The molecule has 0 aliphatic heterocycles. The van der Waals surface area contributed by atoms with Crippen molar-refractivity contribution in [2.75, 3.05) is 5.32 Å². The van der Waals surface area contributed by atoms with E-state index < -0.39 is 0 Å². The molecule has 0 amide bonds. The molecule has 16 heavy (non-hydrogen) atoms. The number of aryl methyl sites for hydroxylation is 1. The maximum atomic E-state index is 4.47. The SMILES string of the molecule is CCCC1CC1Nc1cc(Br)nc(CC)n1. The number of nitrogens with one attached hydrogen (secondary N) is 1. The van der Waals surface area contributed by atoms with Gasteiger partial charge in [-0.1, -0.05) is 20.3 Å². The van der Waals surface area contributed by atoms with Crippen LogP contribution < -0.4 is 5.32 Å². The van der Waals surface area contributed by atoms with Crippen molar-refractivity contribution < 1.29 is 0 Å². The average Bonchev–Trinajstić information content (AvgIpc) is 2.96. The molecule has 88 valence electrons. The molecule has 1 aliphatic rings. The Morgan fingerprint density at radius 3 is 2.94 bits per heavy atom. The summed E-state index contributed by atoms with van der Waals surface area (Å²) in [4.78, 5) is 8.78. The largest absolute Gasteiger partial charge is 0.367 e. The third-order valence-corrected chi connectivity index (χ3v) is 3.38. The topological polar surface area (TPSA) is 37.8 Å². The molecule has 2 rings (SSSR count). The fourth-order valence-corrected chi connectivity index (χ4v) is 2.42. The van der Waals surface area contributed by atoms with Crippen LogP contribution in [0.4, 0.5) is 5.82 Å². The van der Waals surface area contributed by atoms with Gasteiger partial charge in [-0.3, -0.25) is 0 Å². The Hall–Kier alpha value is -0.640. The first kappa shape index (κ1) is 11.8. The van der Waals surface area contributed by atoms with E-state index in [1.165, 1.54) is 19.3 Å². The van der Waals surface area contributed by atoms with Crippen LogP contribution in [0.5, 0.6) is 0 Å². The van der Waals surface area contributed by atoms with Crippen molar-refractivity contribution in [3.05, 3.63) is 16.5 Å². The summed E-state index contributed by atoms with van der Waals surface area (Å²) in [6.07, 6.45) is 4.76. The summed E-state index contributed by atoms with van der Waals surface area (Å²) in [6, 6.07) is 2.59. The highest BCUT2D eigenvalue weighted by molar-refractivity contribution is 9.10. The Morgan fingerprint density at radius 1 is 1.44 bits per heavy atom. The summed E-state index contributed by atoms with van der Waals surface area (Å²) < 4.78 is 0.870. The molecule has 1 N–H and O–H groups in total. The molecule has 2 unspecified atom stereocenters. The molecule has 1 aliphatic carbocycles. The number of nitrogens with zero attached hydrogens (tertiary/aromatic N) is 2.